The molecule has 3 rings (SSSR count). The Kier molecular flexibility index (Phi) is 7.39. The number of rotatable bonds is 7. The Morgan fingerprint density at radius 1 is 0.906 bits per heavy atom. The van der Waals surface area contributed by atoms with Crippen molar-refractivity contribution in [2.75, 3.05) is 5.32 Å². The van der Waals surface area contributed by atoms with Crippen LogP contribution in [-0.4, -0.2) is 20.4 Å². The minimum absolute atomic E-state index is 0.201. The van der Waals surface area contributed by atoms with Crippen LogP contribution in [0.4, 0.5) is 5.69 Å². The number of carbonyl (C=O) groups excluding carboxylic acids is 1. The lowest BCUT2D eigenvalue weighted by Crippen LogP contribution is -2.45. The second-order valence-electron chi connectivity index (χ2n) is 8.04. The number of anilines is 1. The summed E-state index contributed by atoms with van der Waals surface area (Å²) in [6, 6.07) is 17.1. The molecule has 2 N–H and O–H groups in total. The fraction of sp³-hybridized carbons (Fsp3) is 0.240. The van der Waals surface area contributed by atoms with Gasteiger partial charge in [-0.05, 0) is 68.5 Å². The fourth-order valence-electron chi connectivity index (χ4n) is 3.77. The maximum absolute atomic E-state index is 13.3. The summed E-state index contributed by atoms with van der Waals surface area (Å²) in [5, 5.41) is 3.31. The van der Waals surface area contributed by atoms with E-state index in [-0.39, 0.29) is 11.3 Å². The number of hydrogen-bond acceptors (Lipinski definition) is 3. The predicted molar refractivity (Wildman–Crippen MR) is 130 cm³/mol. The van der Waals surface area contributed by atoms with Crippen LogP contribution in [0.5, 0.6) is 0 Å². The van der Waals surface area contributed by atoms with Gasteiger partial charge < -0.3 is 5.32 Å². The third-order valence-electron chi connectivity index (χ3n) is 5.21. The van der Waals surface area contributed by atoms with Gasteiger partial charge >= 0.3 is 0 Å². The molecule has 168 valence electrons. The van der Waals surface area contributed by atoms with Crippen molar-refractivity contribution in [2.24, 2.45) is 0 Å². The lowest BCUT2D eigenvalue weighted by molar-refractivity contribution is -0.117. The number of halogens is 1. The minimum Gasteiger partial charge on any atom is -0.325 e. The van der Waals surface area contributed by atoms with Crippen LogP contribution in [0.3, 0.4) is 0 Å². The van der Waals surface area contributed by atoms with Crippen LogP contribution in [0.2, 0.25) is 5.02 Å². The van der Waals surface area contributed by atoms with Crippen molar-refractivity contribution >= 4 is 33.2 Å². The summed E-state index contributed by atoms with van der Waals surface area (Å²) in [5.74, 6) is -0.459. The first-order valence-corrected chi connectivity index (χ1v) is 12.1. The van der Waals surface area contributed by atoms with E-state index in [1.807, 2.05) is 56.3 Å². The molecule has 1 amide bonds. The Morgan fingerprint density at radius 2 is 1.53 bits per heavy atom. The molecule has 0 aliphatic rings. The highest BCUT2D eigenvalue weighted by Gasteiger charge is 2.28. The smallest absolute Gasteiger partial charge is 0.242 e. The molecule has 0 aliphatic heterocycles. The molecule has 0 radical (unpaired) electrons. The molecule has 0 bridgehead atoms. The molecule has 3 aromatic carbocycles. The summed E-state index contributed by atoms with van der Waals surface area (Å²) < 4.78 is 29.3. The average Bonchev–Trinajstić information content (AvgIpc) is 2.70. The van der Waals surface area contributed by atoms with E-state index in [0.29, 0.717) is 21.8 Å². The van der Waals surface area contributed by atoms with Crippen molar-refractivity contribution in [1.29, 1.82) is 0 Å². The number of sulfonamides is 1. The van der Waals surface area contributed by atoms with E-state index >= 15 is 0 Å². The van der Waals surface area contributed by atoms with Gasteiger partial charge in [-0.2, -0.15) is 4.72 Å². The highest BCUT2D eigenvalue weighted by Crippen LogP contribution is 2.23. The van der Waals surface area contributed by atoms with Crippen LogP contribution in [0.1, 0.15) is 27.8 Å². The van der Waals surface area contributed by atoms with Crippen molar-refractivity contribution in [1.82, 2.24) is 4.72 Å². The molecular formula is C25H27ClN2O3S. The molecule has 0 aromatic heterocycles. The topological polar surface area (TPSA) is 75.3 Å². The summed E-state index contributed by atoms with van der Waals surface area (Å²) in [7, 11) is -3.95. The van der Waals surface area contributed by atoms with E-state index in [1.54, 1.807) is 32.0 Å². The molecule has 0 heterocycles. The lowest BCUT2D eigenvalue weighted by atomic mass is 10.1. The molecule has 0 saturated heterocycles. The van der Waals surface area contributed by atoms with Crippen molar-refractivity contribution in [3.63, 3.8) is 0 Å². The van der Waals surface area contributed by atoms with E-state index < -0.39 is 22.0 Å². The monoisotopic (exact) mass is 470 g/mol. The highest BCUT2D eigenvalue weighted by atomic mass is 35.5. The van der Waals surface area contributed by atoms with Gasteiger partial charge in [-0.15, -0.1) is 0 Å². The molecule has 1 atom stereocenters. The first-order valence-electron chi connectivity index (χ1n) is 10.3. The largest absolute Gasteiger partial charge is 0.325 e. The first kappa shape index (κ1) is 24.0. The second kappa shape index (κ2) is 9.86. The van der Waals surface area contributed by atoms with Crippen LogP contribution in [-0.2, 0) is 21.2 Å². The standard InChI is InChI=1S/C25H27ClN2O3S/c1-16-12-18(3)24(19(4)13-16)32(30,31)28-23(14-20-8-6-5-7-9-20)25(29)27-21-11-10-17(2)22(26)15-21/h5-13,15,23,28H,14H2,1-4H3,(H,27,29)/t23-/m0/s1. The van der Waals surface area contributed by atoms with Crippen molar-refractivity contribution in [2.45, 2.75) is 45.1 Å². The molecule has 5 nitrogen and oxygen atoms in total. The van der Waals surface area contributed by atoms with Gasteiger partial charge in [0.15, 0.2) is 0 Å². The normalized spacial score (nSPS) is 12.4. The molecule has 0 spiro atoms. The van der Waals surface area contributed by atoms with Crippen LogP contribution in [0.25, 0.3) is 0 Å². The predicted octanol–water partition coefficient (Wildman–Crippen LogP) is 5.10. The number of benzene rings is 3. The zero-order valence-corrected chi connectivity index (χ0v) is 20.1. The molecule has 0 aliphatic carbocycles. The third-order valence-corrected chi connectivity index (χ3v) is 7.39. The second-order valence-corrected chi connectivity index (χ2v) is 10.1. The summed E-state index contributed by atoms with van der Waals surface area (Å²) in [6.07, 6.45) is 0.204. The molecule has 32 heavy (non-hydrogen) atoms. The zero-order valence-electron chi connectivity index (χ0n) is 18.6. The molecule has 3 aromatic rings. The van der Waals surface area contributed by atoms with Gasteiger partial charge in [0, 0.05) is 10.7 Å². The van der Waals surface area contributed by atoms with E-state index in [0.717, 1.165) is 16.7 Å². The van der Waals surface area contributed by atoms with Crippen molar-refractivity contribution in [3.8, 4) is 0 Å². The summed E-state index contributed by atoms with van der Waals surface area (Å²) in [6.45, 7) is 7.30. The Labute approximate surface area is 194 Å². The van der Waals surface area contributed by atoms with Gasteiger partial charge in [-0.25, -0.2) is 8.42 Å². The van der Waals surface area contributed by atoms with E-state index in [2.05, 4.69) is 10.0 Å². The molecular weight excluding hydrogens is 444 g/mol. The third kappa shape index (κ3) is 5.76. The van der Waals surface area contributed by atoms with Gasteiger partial charge in [0.25, 0.3) is 0 Å². The van der Waals surface area contributed by atoms with Crippen LogP contribution in [0, 0.1) is 27.7 Å². The molecule has 7 heteroatoms. The van der Waals surface area contributed by atoms with Gasteiger partial charge in [0.2, 0.25) is 15.9 Å². The maximum atomic E-state index is 13.3. The Morgan fingerprint density at radius 3 is 2.12 bits per heavy atom. The maximum Gasteiger partial charge on any atom is 0.242 e. The Bertz CT molecular complexity index is 1220. The first-order chi connectivity index (χ1) is 15.1. The van der Waals surface area contributed by atoms with E-state index in [1.165, 1.54) is 0 Å². The fourth-order valence-corrected chi connectivity index (χ4v) is 5.60. The number of amides is 1. The molecule has 0 saturated carbocycles. The minimum atomic E-state index is -3.95. The van der Waals surface area contributed by atoms with Crippen LogP contribution >= 0.6 is 11.6 Å². The van der Waals surface area contributed by atoms with Gasteiger partial charge in [-0.3, -0.25) is 4.79 Å². The Balaban J connectivity index is 1.93. The van der Waals surface area contributed by atoms with Gasteiger partial charge in [0.1, 0.15) is 6.04 Å². The summed E-state index contributed by atoms with van der Waals surface area (Å²) in [4.78, 5) is 13.4. The van der Waals surface area contributed by atoms with E-state index in [9.17, 15) is 13.2 Å². The van der Waals surface area contributed by atoms with Gasteiger partial charge in [0.05, 0.1) is 4.90 Å². The number of nitrogens with one attached hydrogen (secondary N) is 2. The lowest BCUT2D eigenvalue weighted by Gasteiger charge is -2.21. The zero-order chi connectivity index (χ0) is 23.5. The van der Waals surface area contributed by atoms with Crippen LogP contribution in [0.15, 0.2) is 65.6 Å². The van der Waals surface area contributed by atoms with Crippen LogP contribution < -0.4 is 10.0 Å². The highest BCUT2D eigenvalue weighted by molar-refractivity contribution is 7.89. The van der Waals surface area contributed by atoms with Crippen molar-refractivity contribution in [3.05, 3.63) is 93.5 Å². The van der Waals surface area contributed by atoms with E-state index in [4.69, 9.17) is 11.6 Å². The SMILES string of the molecule is Cc1cc(C)c(S(=O)(=O)N[C@@H](Cc2ccccc2)C(=O)Nc2ccc(C)c(Cl)c2)c(C)c1. The Hall–Kier alpha value is -2.67. The number of aryl methyl sites for hydroxylation is 4. The quantitative estimate of drug-likeness (QED) is 0.504. The average molecular weight is 471 g/mol. The molecule has 0 unspecified atom stereocenters. The summed E-state index contributed by atoms with van der Waals surface area (Å²) in [5.41, 5.74) is 4.49. The number of hydrogen-bond donors (Lipinski definition) is 2. The molecule has 0 fully saturated rings. The van der Waals surface area contributed by atoms with Crippen molar-refractivity contribution < 1.29 is 13.2 Å². The van der Waals surface area contributed by atoms with Gasteiger partial charge in [-0.1, -0.05) is 65.7 Å². The number of carbonyl (C=O) groups is 1. The summed E-state index contributed by atoms with van der Waals surface area (Å²) >= 11 is 6.18.